The lowest BCUT2D eigenvalue weighted by atomic mass is 10.0. The predicted octanol–water partition coefficient (Wildman–Crippen LogP) is 4.34. The van der Waals surface area contributed by atoms with Crippen LogP contribution in [0.2, 0.25) is 0 Å². The largest absolute Gasteiger partial charge is 0.288 e. The lowest BCUT2D eigenvalue weighted by Crippen LogP contribution is -2.04. The zero-order valence-corrected chi connectivity index (χ0v) is 14.8. The Morgan fingerprint density at radius 1 is 1.08 bits per heavy atom. The van der Waals surface area contributed by atoms with Crippen molar-refractivity contribution in [2.45, 2.75) is 20.4 Å². The van der Waals surface area contributed by atoms with Gasteiger partial charge in [-0.1, -0.05) is 60.7 Å². The summed E-state index contributed by atoms with van der Waals surface area (Å²) in [5.41, 5.74) is 4.32. The number of aromatic nitrogens is 2. The molecule has 0 N–H and O–H groups in total. The molecule has 4 heteroatoms. The fourth-order valence-electron chi connectivity index (χ4n) is 2.87. The minimum atomic E-state index is -0.275. The number of Topliss-reactive ketones (excluding diaryl/α,β-unsaturated/α-hetero) is 1. The molecule has 4 nitrogen and oxygen atoms in total. The summed E-state index contributed by atoms with van der Waals surface area (Å²) in [6.45, 7) is 4.49. The van der Waals surface area contributed by atoms with Crippen LogP contribution in [0.15, 0.2) is 66.2 Å². The van der Waals surface area contributed by atoms with Crippen LogP contribution in [0.25, 0.3) is 6.08 Å². The van der Waals surface area contributed by atoms with E-state index in [4.69, 9.17) is 0 Å². The van der Waals surface area contributed by atoms with Gasteiger partial charge >= 0.3 is 0 Å². The highest BCUT2D eigenvalue weighted by Crippen LogP contribution is 2.20. The van der Waals surface area contributed by atoms with Gasteiger partial charge in [0.15, 0.2) is 0 Å². The van der Waals surface area contributed by atoms with Crippen LogP contribution in [-0.4, -0.2) is 15.6 Å². The molecule has 0 aliphatic rings. The zero-order chi connectivity index (χ0) is 18.5. The first-order valence-electron chi connectivity index (χ1n) is 8.39. The molecule has 0 atom stereocenters. The maximum absolute atomic E-state index is 12.6. The van der Waals surface area contributed by atoms with E-state index in [0.29, 0.717) is 12.1 Å². The number of nitriles is 1. The summed E-state index contributed by atoms with van der Waals surface area (Å²) in [4.78, 5) is 12.6. The van der Waals surface area contributed by atoms with Gasteiger partial charge in [0.2, 0.25) is 5.78 Å². The van der Waals surface area contributed by atoms with Crippen LogP contribution >= 0.6 is 0 Å². The van der Waals surface area contributed by atoms with Crippen molar-refractivity contribution in [2.24, 2.45) is 0 Å². The fraction of sp³-hybridized carbons (Fsp3) is 0.136. The van der Waals surface area contributed by atoms with Gasteiger partial charge in [0, 0.05) is 16.8 Å². The molecule has 2 aromatic carbocycles. The quantitative estimate of drug-likeness (QED) is 0.394. The van der Waals surface area contributed by atoms with Gasteiger partial charge in [-0.15, -0.1) is 0 Å². The van der Waals surface area contributed by atoms with Gasteiger partial charge in [-0.3, -0.25) is 9.48 Å². The topological polar surface area (TPSA) is 58.7 Å². The maximum atomic E-state index is 12.6. The molecule has 128 valence electrons. The van der Waals surface area contributed by atoms with Crippen molar-refractivity contribution in [3.63, 3.8) is 0 Å². The number of rotatable bonds is 5. The minimum absolute atomic E-state index is 0.113. The normalized spacial score (nSPS) is 11.2. The summed E-state index contributed by atoms with van der Waals surface area (Å²) in [5.74, 6) is -0.275. The monoisotopic (exact) mass is 341 g/mol. The Hall–Kier alpha value is -3.45. The van der Waals surface area contributed by atoms with Crippen LogP contribution in [0.3, 0.4) is 0 Å². The standard InChI is InChI=1S/C22H19N3O/c1-16-21(13-20(14-23)22(26)19-11-7-4-8-12-19)17(2)25(24-16)15-18-9-5-3-6-10-18/h3-13H,15H2,1-2H3/b20-13+. The van der Waals surface area contributed by atoms with Gasteiger partial charge in [-0.05, 0) is 25.5 Å². The molecule has 3 aromatic rings. The van der Waals surface area contributed by atoms with E-state index in [1.54, 1.807) is 30.3 Å². The maximum Gasteiger partial charge on any atom is 0.203 e. The Bertz CT molecular complexity index is 993. The summed E-state index contributed by atoms with van der Waals surface area (Å²) in [7, 11) is 0. The molecule has 0 fully saturated rings. The van der Waals surface area contributed by atoms with Gasteiger partial charge in [0.25, 0.3) is 0 Å². The molecule has 0 saturated heterocycles. The van der Waals surface area contributed by atoms with E-state index in [-0.39, 0.29) is 11.4 Å². The molecule has 0 aliphatic heterocycles. The molecule has 1 heterocycles. The Labute approximate surface area is 153 Å². The van der Waals surface area contributed by atoms with E-state index in [9.17, 15) is 10.1 Å². The Balaban J connectivity index is 1.95. The number of hydrogen-bond acceptors (Lipinski definition) is 3. The van der Waals surface area contributed by atoms with Crippen LogP contribution in [0, 0.1) is 25.2 Å². The van der Waals surface area contributed by atoms with Crippen molar-refractivity contribution in [2.75, 3.05) is 0 Å². The molecular weight excluding hydrogens is 322 g/mol. The number of carbonyl (C=O) groups is 1. The van der Waals surface area contributed by atoms with E-state index in [0.717, 1.165) is 22.5 Å². The summed E-state index contributed by atoms with van der Waals surface area (Å²) < 4.78 is 1.90. The van der Waals surface area contributed by atoms with Crippen molar-refractivity contribution in [3.05, 3.63) is 94.3 Å². The van der Waals surface area contributed by atoms with Crippen molar-refractivity contribution in [1.29, 1.82) is 5.26 Å². The van der Waals surface area contributed by atoms with Crippen LogP contribution in [0.5, 0.6) is 0 Å². The Kier molecular flexibility index (Phi) is 5.09. The van der Waals surface area contributed by atoms with Gasteiger partial charge < -0.3 is 0 Å². The Morgan fingerprint density at radius 2 is 1.69 bits per heavy atom. The lowest BCUT2D eigenvalue weighted by molar-refractivity contribution is 0.104. The molecule has 0 spiro atoms. The molecule has 0 bridgehead atoms. The molecule has 0 unspecified atom stereocenters. The number of hydrogen-bond donors (Lipinski definition) is 0. The third-order valence-electron chi connectivity index (χ3n) is 4.30. The van der Waals surface area contributed by atoms with E-state index in [1.165, 1.54) is 0 Å². The van der Waals surface area contributed by atoms with Gasteiger partial charge in [-0.2, -0.15) is 10.4 Å². The van der Waals surface area contributed by atoms with Crippen LogP contribution in [-0.2, 0) is 6.54 Å². The van der Waals surface area contributed by atoms with Gasteiger partial charge in [0.1, 0.15) is 11.6 Å². The zero-order valence-electron chi connectivity index (χ0n) is 14.8. The SMILES string of the molecule is Cc1nn(Cc2ccccc2)c(C)c1/C=C(\C#N)C(=O)c1ccccc1. The third-order valence-corrected chi connectivity index (χ3v) is 4.30. The van der Waals surface area contributed by atoms with Crippen LogP contribution in [0.1, 0.15) is 32.9 Å². The van der Waals surface area contributed by atoms with Crippen molar-refractivity contribution >= 4 is 11.9 Å². The van der Waals surface area contributed by atoms with Crippen molar-refractivity contribution in [1.82, 2.24) is 9.78 Å². The second kappa shape index (κ2) is 7.62. The molecule has 0 aliphatic carbocycles. The molecule has 26 heavy (non-hydrogen) atoms. The van der Waals surface area contributed by atoms with E-state index in [2.05, 4.69) is 5.10 Å². The first-order valence-corrected chi connectivity index (χ1v) is 8.39. The number of allylic oxidation sites excluding steroid dienone is 1. The highest BCUT2D eigenvalue weighted by molar-refractivity contribution is 6.14. The second-order valence-corrected chi connectivity index (χ2v) is 6.09. The number of nitrogens with zero attached hydrogens (tertiary/aromatic N) is 3. The highest BCUT2D eigenvalue weighted by atomic mass is 16.1. The molecule has 0 saturated carbocycles. The molecular formula is C22H19N3O. The average molecular weight is 341 g/mol. The lowest BCUT2D eigenvalue weighted by Gasteiger charge is -2.05. The smallest absolute Gasteiger partial charge is 0.203 e. The van der Waals surface area contributed by atoms with Gasteiger partial charge in [0.05, 0.1) is 12.2 Å². The highest BCUT2D eigenvalue weighted by Gasteiger charge is 2.16. The molecule has 1 aromatic heterocycles. The number of benzene rings is 2. The summed E-state index contributed by atoms with van der Waals surface area (Å²) >= 11 is 0. The van der Waals surface area contributed by atoms with Crippen LogP contribution < -0.4 is 0 Å². The first kappa shape index (κ1) is 17.4. The van der Waals surface area contributed by atoms with E-state index in [1.807, 2.05) is 61.0 Å². The van der Waals surface area contributed by atoms with E-state index >= 15 is 0 Å². The van der Waals surface area contributed by atoms with Gasteiger partial charge in [-0.25, -0.2) is 0 Å². The predicted molar refractivity (Wildman–Crippen MR) is 102 cm³/mol. The minimum Gasteiger partial charge on any atom is -0.288 e. The molecule has 3 rings (SSSR count). The van der Waals surface area contributed by atoms with Crippen LogP contribution in [0.4, 0.5) is 0 Å². The third kappa shape index (κ3) is 3.62. The summed E-state index contributed by atoms with van der Waals surface area (Å²) in [6.07, 6.45) is 1.65. The second-order valence-electron chi connectivity index (χ2n) is 6.09. The summed E-state index contributed by atoms with van der Waals surface area (Å²) in [6, 6.07) is 20.9. The number of ketones is 1. The van der Waals surface area contributed by atoms with Crippen molar-refractivity contribution in [3.8, 4) is 6.07 Å². The number of aryl methyl sites for hydroxylation is 1. The van der Waals surface area contributed by atoms with Crippen molar-refractivity contribution < 1.29 is 4.79 Å². The summed E-state index contributed by atoms with van der Waals surface area (Å²) in [5, 5.41) is 14.1. The average Bonchev–Trinajstić information content (AvgIpc) is 2.94. The molecule has 0 radical (unpaired) electrons. The van der Waals surface area contributed by atoms with E-state index < -0.39 is 0 Å². The Morgan fingerprint density at radius 3 is 2.31 bits per heavy atom. The first-order chi connectivity index (χ1) is 12.6. The molecule has 0 amide bonds. The number of carbonyl (C=O) groups excluding carboxylic acids is 1. The fourth-order valence-corrected chi connectivity index (χ4v) is 2.87.